The van der Waals surface area contributed by atoms with Crippen LogP contribution in [0.15, 0.2) is 0 Å². The summed E-state index contributed by atoms with van der Waals surface area (Å²) >= 11 is 0. The van der Waals surface area contributed by atoms with Crippen LogP contribution < -0.4 is 27.8 Å². The van der Waals surface area contributed by atoms with Crippen molar-refractivity contribution in [3.8, 4) is 0 Å². The van der Waals surface area contributed by atoms with Gasteiger partial charge in [0.05, 0.1) is 12.0 Å². The molecule has 0 spiro atoms. The number of carboxylic acid groups (broad SMARTS) is 2. The van der Waals surface area contributed by atoms with Crippen LogP contribution in [0.4, 0.5) is 0 Å². The summed E-state index contributed by atoms with van der Waals surface area (Å²) in [5.74, 6) is -3.18. The van der Waals surface area contributed by atoms with E-state index in [2.05, 4.69) is 12.2 Å². The molecule has 0 aliphatic carbocycles. The molecule has 162 valence electrons. The fraction of sp³-hybridized carbons (Fsp3) is 0.842. The van der Waals surface area contributed by atoms with Crippen molar-refractivity contribution in [1.82, 2.24) is 17.6 Å². The van der Waals surface area contributed by atoms with Gasteiger partial charge in [0.25, 0.3) is 0 Å². The lowest BCUT2D eigenvalue weighted by atomic mass is 10.0. The van der Waals surface area contributed by atoms with E-state index in [0.29, 0.717) is 6.42 Å². The zero-order chi connectivity index (χ0) is 18.9. The maximum atomic E-state index is 11.7. The molecule has 0 radical (unpaired) electrons. The first-order chi connectivity index (χ1) is 12.0. The molecule has 1 amide bonds. The Kier molecular flexibility index (Phi) is 23.0. The molecule has 9 N–H and O–H groups in total. The number of hydrogen-bond acceptors (Lipinski definition) is 5. The molecule has 27 heavy (non-hydrogen) atoms. The molecule has 0 unspecified atom stereocenters. The number of carboxylic acids is 2. The molecule has 0 saturated carbocycles. The molecule has 0 rings (SSSR count). The Hall–Kier alpha value is -1.67. The zero-order valence-electron chi connectivity index (χ0n) is 17.5. The maximum absolute atomic E-state index is 11.7. The molecule has 0 bridgehead atoms. The highest BCUT2D eigenvalue weighted by Crippen LogP contribution is 2.12. The molecule has 0 aromatic heterocycles. The largest absolute Gasteiger partial charge is 0.550 e. The highest BCUT2D eigenvalue weighted by Gasteiger charge is 2.13. The maximum Gasteiger partial charge on any atom is 0.220 e. The fourth-order valence-corrected chi connectivity index (χ4v) is 2.73. The van der Waals surface area contributed by atoms with Crippen LogP contribution in [-0.2, 0) is 14.4 Å². The average Bonchev–Trinajstić information content (AvgIpc) is 2.56. The van der Waals surface area contributed by atoms with Gasteiger partial charge in [0.2, 0.25) is 5.91 Å². The van der Waals surface area contributed by atoms with Crippen molar-refractivity contribution in [1.29, 1.82) is 0 Å². The van der Waals surface area contributed by atoms with Crippen LogP contribution in [-0.4, -0.2) is 23.9 Å². The van der Waals surface area contributed by atoms with E-state index < -0.39 is 24.4 Å². The van der Waals surface area contributed by atoms with Crippen LogP contribution in [0.25, 0.3) is 0 Å². The van der Waals surface area contributed by atoms with Gasteiger partial charge in [-0.3, -0.25) is 4.79 Å². The molecule has 0 aromatic rings. The van der Waals surface area contributed by atoms with E-state index in [1.807, 2.05) is 0 Å². The van der Waals surface area contributed by atoms with Crippen LogP contribution in [0.3, 0.4) is 0 Å². The molecular weight excluding hydrogens is 350 g/mol. The second kappa shape index (κ2) is 20.6. The van der Waals surface area contributed by atoms with Crippen molar-refractivity contribution in [2.24, 2.45) is 0 Å². The van der Waals surface area contributed by atoms with Crippen molar-refractivity contribution < 1.29 is 24.6 Å². The molecule has 0 heterocycles. The normalized spacial score (nSPS) is 11.0. The summed E-state index contributed by atoms with van der Waals surface area (Å²) in [6.07, 6.45) is 12.6. The number of quaternary nitrogens is 2. The second-order valence-corrected chi connectivity index (χ2v) is 6.64. The molecule has 8 nitrogen and oxygen atoms in total. The van der Waals surface area contributed by atoms with Crippen molar-refractivity contribution in [2.45, 2.75) is 103 Å². The van der Waals surface area contributed by atoms with E-state index in [-0.39, 0.29) is 31.0 Å². The molecule has 0 saturated heterocycles. The van der Waals surface area contributed by atoms with Crippen molar-refractivity contribution in [3.63, 3.8) is 0 Å². The van der Waals surface area contributed by atoms with Gasteiger partial charge in [0.15, 0.2) is 0 Å². The quantitative estimate of drug-likeness (QED) is 0.320. The standard InChI is InChI=1S/C19H35NO5.2H3N/c1-2-3-4-5-6-7-8-9-10-11-12-13-17(21)20-16(19(24)25)14-15-18(22)23;;/h16H,2-15H2,1H3,(H,20,21)(H,22,23)(H,24,25);2*1H3/t16-;;/m0../s1. The second-order valence-electron chi connectivity index (χ2n) is 6.64. The lowest BCUT2D eigenvalue weighted by Gasteiger charge is -2.19. The number of hydrogen-bond donors (Lipinski definition) is 3. The fourth-order valence-electron chi connectivity index (χ4n) is 2.73. The predicted octanol–water partition coefficient (Wildman–Crippen LogP) is 2.20. The summed E-state index contributed by atoms with van der Waals surface area (Å²) in [4.78, 5) is 32.9. The van der Waals surface area contributed by atoms with Gasteiger partial charge in [-0.2, -0.15) is 0 Å². The zero-order valence-corrected chi connectivity index (χ0v) is 17.5. The molecule has 0 fully saturated rings. The van der Waals surface area contributed by atoms with Crippen molar-refractivity contribution in [3.05, 3.63) is 0 Å². The third kappa shape index (κ3) is 20.5. The Morgan fingerprint density at radius 3 is 1.59 bits per heavy atom. The molecule has 8 heteroatoms. The molecule has 0 aromatic carbocycles. The molecule has 0 aliphatic heterocycles. The van der Waals surface area contributed by atoms with Gasteiger partial charge in [0.1, 0.15) is 0 Å². The van der Waals surface area contributed by atoms with E-state index in [1.165, 1.54) is 51.4 Å². The first kappa shape index (κ1) is 30.1. The molecule has 1 atom stereocenters. The minimum atomic E-state index is -1.46. The number of rotatable bonds is 17. The van der Waals surface area contributed by atoms with Gasteiger partial charge in [-0.25, -0.2) is 0 Å². The number of unbranched alkanes of at least 4 members (excludes halogenated alkanes) is 10. The number of nitrogens with one attached hydrogen (secondary N) is 1. The van der Waals surface area contributed by atoms with Gasteiger partial charge in [-0.1, -0.05) is 71.1 Å². The van der Waals surface area contributed by atoms with Gasteiger partial charge < -0.3 is 37.4 Å². The van der Waals surface area contributed by atoms with Crippen molar-refractivity contribution >= 4 is 17.8 Å². The predicted molar refractivity (Wildman–Crippen MR) is 104 cm³/mol. The number of carbonyl (C=O) groups is 3. The average molecular weight is 392 g/mol. The summed E-state index contributed by atoms with van der Waals surface area (Å²) in [7, 11) is 0. The topological polar surface area (TPSA) is 182 Å². The van der Waals surface area contributed by atoms with Gasteiger partial charge in [-0.05, 0) is 19.3 Å². The Labute approximate surface area is 163 Å². The number of amides is 1. The Morgan fingerprint density at radius 2 is 1.19 bits per heavy atom. The smallest absolute Gasteiger partial charge is 0.220 e. The minimum absolute atomic E-state index is 0. The summed E-state index contributed by atoms with van der Waals surface area (Å²) in [5.41, 5.74) is 0. The van der Waals surface area contributed by atoms with Crippen LogP contribution in [0.5, 0.6) is 0 Å². The van der Waals surface area contributed by atoms with E-state index in [1.54, 1.807) is 0 Å². The minimum Gasteiger partial charge on any atom is -0.550 e. The highest BCUT2D eigenvalue weighted by molar-refractivity contribution is 5.82. The van der Waals surface area contributed by atoms with E-state index >= 15 is 0 Å². The van der Waals surface area contributed by atoms with E-state index in [4.69, 9.17) is 0 Å². The summed E-state index contributed by atoms with van der Waals surface area (Å²) < 4.78 is 0. The van der Waals surface area contributed by atoms with E-state index in [9.17, 15) is 24.6 Å². The van der Waals surface area contributed by atoms with Gasteiger partial charge in [0, 0.05) is 12.4 Å². The summed E-state index contributed by atoms with van der Waals surface area (Å²) in [6.45, 7) is 2.21. The van der Waals surface area contributed by atoms with Crippen molar-refractivity contribution in [2.75, 3.05) is 0 Å². The van der Waals surface area contributed by atoms with Crippen LogP contribution >= 0.6 is 0 Å². The lowest BCUT2D eigenvalue weighted by Crippen LogP contribution is -2.48. The van der Waals surface area contributed by atoms with Crippen LogP contribution in [0, 0.1) is 0 Å². The Morgan fingerprint density at radius 1 is 0.741 bits per heavy atom. The monoisotopic (exact) mass is 391 g/mol. The third-order valence-electron chi connectivity index (χ3n) is 4.26. The van der Waals surface area contributed by atoms with Gasteiger partial charge >= 0.3 is 0 Å². The van der Waals surface area contributed by atoms with Gasteiger partial charge in [-0.15, -0.1) is 0 Å². The van der Waals surface area contributed by atoms with Crippen LogP contribution in [0.2, 0.25) is 0 Å². The first-order valence-corrected chi connectivity index (χ1v) is 9.67. The first-order valence-electron chi connectivity index (χ1n) is 9.67. The number of aliphatic carboxylic acids is 2. The Balaban J connectivity index is -0.00000288. The van der Waals surface area contributed by atoms with E-state index in [0.717, 1.165) is 12.8 Å². The third-order valence-corrected chi connectivity index (χ3v) is 4.26. The Bertz CT molecular complexity index is 392. The SMILES string of the molecule is CCCCCCCCCCCCCC(=O)N[C@@H](CCC(=O)[O-])C(=O)[O-].[NH4+].[NH4+]. The highest BCUT2D eigenvalue weighted by atomic mass is 16.4. The lowest BCUT2D eigenvalue weighted by molar-refractivity contribution is -0.310. The summed E-state index contributed by atoms with van der Waals surface area (Å²) in [6, 6.07) is -1.27. The molecular formula is C19H41N3O5. The van der Waals surface area contributed by atoms with Crippen LogP contribution in [0.1, 0.15) is 96.8 Å². The number of carbonyl (C=O) groups excluding carboxylic acids is 3. The summed E-state index contributed by atoms with van der Waals surface area (Å²) in [5, 5.41) is 23.5. The molecule has 0 aliphatic rings.